The Morgan fingerprint density at radius 3 is 2.39 bits per heavy atom. The molecule has 0 N–H and O–H groups in total. The standard InChI is InChI=1S/C20H12N2O/c1-3-9-16-13(6-1)20(22-12-21-16)15-8-5-11-18-19(15)14-7-2-4-10-17(14)23-18/h1-12H. The molecule has 0 atom stereocenters. The molecule has 108 valence electrons. The lowest BCUT2D eigenvalue weighted by molar-refractivity contribution is 0.669. The minimum Gasteiger partial charge on any atom is -0.456 e. The number of hydrogen-bond acceptors (Lipinski definition) is 3. The van der Waals surface area contributed by atoms with Crippen LogP contribution in [0.5, 0.6) is 0 Å². The Morgan fingerprint density at radius 2 is 1.43 bits per heavy atom. The van der Waals surface area contributed by atoms with Gasteiger partial charge < -0.3 is 4.42 Å². The normalized spacial score (nSPS) is 11.5. The van der Waals surface area contributed by atoms with Crippen molar-refractivity contribution in [2.45, 2.75) is 0 Å². The average Bonchev–Trinajstić information content (AvgIpc) is 3.00. The van der Waals surface area contributed by atoms with E-state index in [-0.39, 0.29) is 0 Å². The lowest BCUT2D eigenvalue weighted by atomic mass is 10.0. The van der Waals surface area contributed by atoms with Crippen LogP contribution in [0.15, 0.2) is 77.5 Å². The van der Waals surface area contributed by atoms with E-state index in [1.165, 1.54) is 0 Å². The minimum absolute atomic E-state index is 0.881. The molecule has 5 aromatic rings. The third-order valence-corrected chi connectivity index (χ3v) is 4.20. The van der Waals surface area contributed by atoms with E-state index in [4.69, 9.17) is 4.42 Å². The van der Waals surface area contributed by atoms with Crippen molar-refractivity contribution in [1.29, 1.82) is 0 Å². The van der Waals surface area contributed by atoms with E-state index in [1.54, 1.807) is 6.33 Å². The third-order valence-electron chi connectivity index (χ3n) is 4.20. The Bertz CT molecular complexity index is 1170. The first-order valence-electron chi connectivity index (χ1n) is 7.52. The van der Waals surface area contributed by atoms with Crippen LogP contribution in [0.3, 0.4) is 0 Å². The van der Waals surface area contributed by atoms with Crippen molar-refractivity contribution in [3.05, 3.63) is 73.1 Å². The first-order valence-corrected chi connectivity index (χ1v) is 7.52. The SMILES string of the molecule is c1ccc2c(-c3cccc4oc5ccccc5c34)ncnc2c1. The van der Waals surface area contributed by atoms with E-state index in [2.05, 4.69) is 28.2 Å². The van der Waals surface area contributed by atoms with E-state index in [0.717, 1.165) is 44.1 Å². The van der Waals surface area contributed by atoms with E-state index in [0.29, 0.717) is 0 Å². The Kier molecular flexibility index (Phi) is 2.50. The van der Waals surface area contributed by atoms with Crippen LogP contribution in [0.2, 0.25) is 0 Å². The molecular weight excluding hydrogens is 284 g/mol. The van der Waals surface area contributed by atoms with Crippen molar-refractivity contribution in [3.8, 4) is 11.3 Å². The second-order valence-corrected chi connectivity index (χ2v) is 5.52. The predicted octanol–water partition coefficient (Wildman–Crippen LogP) is 5.20. The molecule has 0 saturated heterocycles. The second kappa shape index (κ2) is 4.65. The fourth-order valence-corrected chi connectivity index (χ4v) is 3.19. The average molecular weight is 296 g/mol. The number of benzene rings is 3. The highest BCUT2D eigenvalue weighted by molar-refractivity contribution is 6.14. The van der Waals surface area contributed by atoms with Gasteiger partial charge in [0.15, 0.2) is 0 Å². The molecular formula is C20H12N2O. The number of para-hydroxylation sites is 2. The molecule has 0 radical (unpaired) electrons. The molecule has 3 heteroatoms. The summed E-state index contributed by atoms with van der Waals surface area (Å²) in [5.74, 6) is 0. The molecule has 0 fully saturated rings. The van der Waals surface area contributed by atoms with Crippen LogP contribution in [0, 0.1) is 0 Å². The maximum atomic E-state index is 5.98. The molecule has 0 aliphatic heterocycles. The molecule has 0 amide bonds. The molecule has 0 unspecified atom stereocenters. The van der Waals surface area contributed by atoms with Crippen LogP contribution in [-0.4, -0.2) is 9.97 Å². The van der Waals surface area contributed by atoms with Crippen LogP contribution in [-0.2, 0) is 0 Å². The van der Waals surface area contributed by atoms with Gasteiger partial charge in [-0.25, -0.2) is 9.97 Å². The van der Waals surface area contributed by atoms with Crippen molar-refractivity contribution in [2.75, 3.05) is 0 Å². The Hall–Kier alpha value is -3.20. The zero-order valence-electron chi connectivity index (χ0n) is 12.2. The van der Waals surface area contributed by atoms with E-state index < -0.39 is 0 Å². The van der Waals surface area contributed by atoms with Crippen LogP contribution in [0.4, 0.5) is 0 Å². The summed E-state index contributed by atoms with van der Waals surface area (Å²) in [6, 6.07) is 22.3. The van der Waals surface area contributed by atoms with Crippen molar-refractivity contribution in [3.63, 3.8) is 0 Å². The van der Waals surface area contributed by atoms with Gasteiger partial charge in [-0.2, -0.15) is 0 Å². The summed E-state index contributed by atoms with van der Waals surface area (Å²) in [5.41, 5.74) is 4.74. The molecule has 0 aliphatic carbocycles. The maximum absolute atomic E-state index is 5.98. The van der Waals surface area contributed by atoms with Gasteiger partial charge >= 0.3 is 0 Å². The molecule has 3 aromatic carbocycles. The maximum Gasteiger partial charge on any atom is 0.136 e. The Morgan fingerprint density at radius 1 is 0.652 bits per heavy atom. The minimum atomic E-state index is 0.881. The molecule has 0 bridgehead atoms. The smallest absolute Gasteiger partial charge is 0.136 e. The number of nitrogens with zero attached hydrogens (tertiary/aromatic N) is 2. The van der Waals surface area contributed by atoms with Gasteiger partial charge in [-0.3, -0.25) is 0 Å². The summed E-state index contributed by atoms with van der Waals surface area (Å²) in [6.45, 7) is 0. The highest BCUT2D eigenvalue weighted by Gasteiger charge is 2.14. The molecule has 3 nitrogen and oxygen atoms in total. The van der Waals surface area contributed by atoms with Crippen LogP contribution in [0.25, 0.3) is 44.1 Å². The number of hydrogen-bond donors (Lipinski definition) is 0. The largest absolute Gasteiger partial charge is 0.456 e. The fraction of sp³-hybridized carbons (Fsp3) is 0. The Balaban J connectivity index is 1.96. The molecule has 23 heavy (non-hydrogen) atoms. The first-order chi connectivity index (χ1) is 11.4. The van der Waals surface area contributed by atoms with Gasteiger partial charge in [-0.15, -0.1) is 0 Å². The quantitative estimate of drug-likeness (QED) is 0.427. The molecule has 2 aromatic heterocycles. The highest BCUT2D eigenvalue weighted by atomic mass is 16.3. The molecule has 2 heterocycles. The van der Waals surface area contributed by atoms with E-state index >= 15 is 0 Å². The summed E-state index contributed by atoms with van der Waals surface area (Å²) in [7, 11) is 0. The van der Waals surface area contributed by atoms with Gasteiger partial charge in [0.25, 0.3) is 0 Å². The van der Waals surface area contributed by atoms with Crippen molar-refractivity contribution >= 4 is 32.8 Å². The van der Waals surface area contributed by atoms with Crippen LogP contribution < -0.4 is 0 Å². The summed E-state index contributed by atoms with van der Waals surface area (Å²) in [5, 5.41) is 3.26. The fourth-order valence-electron chi connectivity index (χ4n) is 3.19. The monoisotopic (exact) mass is 296 g/mol. The molecule has 5 rings (SSSR count). The van der Waals surface area contributed by atoms with Crippen LogP contribution >= 0.6 is 0 Å². The first kappa shape index (κ1) is 12.4. The van der Waals surface area contributed by atoms with E-state index in [9.17, 15) is 0 Å². The lowest BCUT2D eigenvalue weighted by Gasteiger charge is -2.06. The molecule has 0 aliphatic rings. The topological polar surface area (TPSA) is 38.9 Å². The number of furan rings is 1. The highest BCUT2D eigenvalue weighted by Crippen LogP contribution is 2.37. The predicted molar refractivity (Wildman–Crippen MR) is 92.3 cm³/mol. The summed E-state index contributed by atoms with van der Waals surface area (Å²) < 4.78 is 5.98. The summed E-state index contributed by atoms with van der Waals surface area (Å²) in [4.78, 5) is 8.92. The summed E-state index contributed by atoms with van der Waals surface area (Å²) >= 11 is 0. The third kappa shape index (κ3) is 1.77. The number of fused-ring (bicyclic) bond motifs is 4. The van der Waals surface area contributed by atoms with Crippen molar-refractivity contribution < 1.29 is 4.42 Å². The van der Waals surface area contributed by atoms with Gasteiger partial charge in [0.2, 0.25) is 0 Å². The zero-order chi connectivity index (χ0) is 15.2. The van der Waals surface area contributed by atoms with Crippen molar-refractivity contribution in [1.82, 2.24) is 9.97 Å². The van der Waals surface area contributed by atoms with Crippen LogP contribution in [0.1, 0.15) is 0 Å². The van der Waals surface area contributed by atoms with Gasteiger partial charge in [0, 0.05) is 21.7 Å². The van der Waals surface area contributed by atoms with Gasteiger partial charge in [0.05, 0.1) is 11.2 Å². The Labute approximate surface area is 132 Å². The zero-order valence-corrected chi connectivity index (χ0v) is 12.2. The van der Waals surface area contributed by atoms with Gasteiger partial charge in [-0.05, 0) is 18.2 Å². The number of rotatable bonds is 1. The van der Waals surface area contributed by atoms with Gasteiger partial charge in [0.1, 0.15) is 17.5 Å². The second-order valence-electron chi connectivity index (χ2n) is 5.52. The molecule has 0 spiro atoms. The number of aromatic nitrogens is 2. The summed E-state index contributed by atoms with van der Waals surface area (Å²) in [6.07, 6.45) is 1.62. The van der Waals surface area contributed by atoms with Crippen molar-refractivity contribution in [2.24, 2.45) is 0 Å². The van der Waals surface area contributed by atoms with E-state index in [1.807, 2.05) is 48.5 Å². The molecule has 0 saturated carbocycles. The van der Waals surface area contributed by atoms with Gasteiger partial charge in [-0.1, -0.05) is 48.5 Å². The lowest BCUT2D eigenvalue weighted by Crippen LogP contribution is -1.89.